The molecule has 16 heavy (non-hydrogen) atoms. The predicted octanol–water partition coefficient (Wildman–Crippen LogP) is 3.79. The van der Waals surface area contributed by atoms with Gasteiger partial charge in [-0.05, 0) is 63.3 Å². The molecular weight excluding hydrogens is 194 g/mol. The highest BCUT2D eigenvalue weighted by Crippen LogP contribution is 2.53. The van der Waals surface area contributed by atoms with Gasteiger partial charge in [-0.25, -0.2) is 0 Å². The molecule has 3 unspecified atom stereocenters. The quantitative estimate of drug-likeness (QED) is 0.604. The molecule has 3 atom stereocenters. The first-order valence-corrected chi connectivity index (χ1v) is 6.94. The average molecular weight is 223 g/mol. The van der Waals surface area contributed by atoms with E-state index in [1.54, 1.807) is 0 Å². The predicted molar refractivity (Wildman–Crippen MR) is 70.5 cm³/mol. The smallest absolute Gasteiger partial charge is 0.0125 e. The van der Waals surface area contributed by atoms with Crippen LogP contribution in [0.25, 0.3) is 0 Å². The van der Waals surface area contributed by atoms with Crippen molar-refractivity contribution in [3.05, 3.63) is 0 Å². The van der Waals surface area contributed by atoms with Crippen molar-refractivity contribution in [3.63, 3.8) is 0 Å². The van der Waals surface area contributed by atoms with E-state index in [0.29, 0.717) is 11.0 Å². The average Bonchev–Trinajstić information content (AvgIpc) is 2.02. The molecule has 0 amide bonds. The molecule has 0 spiro atoms. The third-order valence-corrected chi connectivity index (χ3v) is 4.94. The molecule has 1 saturated heterocycles. The number of hydrogen-bond acceptors (Lipinski definition) is 1. The van der Waals surface area contributed by atoms with Crippen LogP contribution in [0.15, 0.2) is 0 Å². The molecule has 0 bridgehead atoms. The van der Waals surface area contributed by atoms with Gasteiger partial charge in [0.05, 0.1) is 0 Å². The van der Waals surface area contributed by atoms with E-state index in [1.165, 1.54) is 25.9 Å². The van der Waals surface area contributed by atoms with Crippen LogP contribution in [0, 0.1) is 23.2 Å². The molecule has 0 N–H and O–H groups in total. The summed E-state index contributed by atoms with van der Waals surface area (Å²) in [4.78, 5) is 2.70. The number of piperidine rings is 1. The molecule has 2 aliphatic rings. The second kappa shape index (κ2) is 3.73. The fraction of sp³-hybridized carbons (Fsp3) is 1.00. The Morgan fingerprint density at radius 2 is 1.62 bits per heavy atom. The minimum absolute atomic E-state index is 0.364. The summed E-state index contributed by atoms with van der Waals surface area (Å²) in [5.74, 6) is 2.98. The zero-order valence-corrected chi connectivity index (χ0v) is 12.0. The first-order valence-electron chi connectivity index (χ1n) is 6.94. The van der Waals surface area contributed by atoms with Gasteiger partial charge in [0.1, 0.15) is 0 Å². The van der Waals surface area contributed by atoms with Crippen molar-refractivity contribution in [1.82, 2.24) is 4.90 Å². The van der Waals surface area contributed by atoms with Gasteiger partial charge in [-0.15, -0.1) is 0 Å². The van der Waals surface area contributed by atoms with Crippen LogP contribution >= 0.6 is 0 Å². The van der Waals surface area contributed by atoms with Crippen LogP contribution in [0.3, 0.4) is 0 Å². The van der Waals surface area contributed by atoms with Gasteiger partial charge < -0.3 is 0 Å². The van der Waals surface area contributed by atoms with Crippen molar-refractivity contribution >= 4 is 0 Å². The number of rotatable bonds is 0. The highest BCUT2D eigenvalue weighted by molar-refractivity contribution is 5.00. The van der Waals surface area contributed by atoms with E-state index in [0.717, 1.165) is 17.8 Å². The summed E-state index contributed by atoms with van der Waals surface area (Å²) in [6, 6.07) is 0. The van der Waals surface area contributed by atoms with Gasteiger partial charge in [-0.1, -0.05) is 20.8 Å². The molecule has 1 heteroatoms. The van der Waals surface area contributed by atoms with Crippen LogP contribution in [0.1, 0.15) is 54.4 Å². The van der Waals surface area contributed by atoms with Gasteiger partial charge >= 0.3 is 0 Å². The summed E-state index contributed by atoms with van der Waals surface area (Å²) in [5, 5.41) is 0. The minimum Gasteiger partial charge on any atom is -0.298 e. The third-order valence-electron chi connectivity index (χ3n) is 4.94. The second-order valence-corrected chi connectivity index (χ2v) is 8.04. The van der Waals surface area contributed by atoms with Crippen LogP contribution in [-0.4, -0.2) is 23.5 Å². The first-order chi connectivity index (χ1) is 7.19. The van der Waals surface area contributed by atoms with E-state index in [1.807, 2.05) is 0 Å². The summed E-state index contributed by atoms with van der Waals surface area (Å²) in [7, 11) is 0. The van der Waals surface area contributed by atoms with Crippen molar-refractivity contribution in [1.29, 1.82) is 0 Å². The lowest BCUT2D eigenvalue weighted by molar-refractivity contribution is -0.0847. The molecule has 1 heterocycles. The number of nitrogens with zero attached hydrogens (tertiary/aromatic N) is 1. The van der Waals surface area contributed by atoms with Crippen LogP contribution in [-0.2, 0) is 0 Å². The van der Waals surface area contributed by atoms with Crippen molar-refractivity contribution in [2.45, 2.75) is 59.9 Å². The highest BCUT2D eigenvalue weighted by atomic mass is 15.2. The Bertz CT molecular complexity index is 242. The summed E-state index contributed by atoms with van der Waals surface area (Å²) in [5.41, 5.74) is 0.880. The Hall–Kier alpha value is -0.0400. The SMILES string of the molecule is CC(C)(C)C1CC2CCN(C(C)(C)C)CC21. The second-order valence-electron chi connectivity index (χ2n) is 8.04. The van der Waals surface area contributed by atoms with Crippen molar-refractivity contribution in [2.24, 2.45) is 23.2 Å². The van der Waals surface area contributed by atoms with Crippen molar-refractivity contribution < 1.29 is 0 Å². The molecule has 1 saturated carbocycles. The standard InChI is InChI=1S/C15H29N/c1-14(2,3)13-9-11-7-8-16(10-12(11)13)15(4,5)6/h11-13H,7-10H2,1-6H3. The van der Waals surface area contributed by atoms with Gasteiger partial charge in [0.25, 0.3) is 0 Å². The first kappa shape index (κ1) is 12.4. The van der Waals surface area contributed by atoms with E-state index < -0.39 is 0 Å². The normalized spacial score (nSPS) is 36.8. The number of fused-ring (bicyclic) bond motifs is 1. The molecule has 94 valence electrons. The lowest BCUT2D eigenvalue weighted by atomic mass is 9.53. The molecular formula is C15H29N. The van der Waals surface area contributed by atoms with Gasteiger partial charge in [0, 0.05) is 12.1 Å². The van der Waals surface area contributed by atoms with Crippen molar-refractivity contribution in [2.75, 3.05) is 13.1 Å². The molecule has 2 rings (SSSR count). The monoisotopic (exact) mass is 223 g/mol. The highest BCUT2D eigenvalue weighted by Gasteiger charge is 2.49. The van der Waals surface area contributed by atoms with Crippen molar-refractivity contribution in [3.8, 4) is 0 Å². The summed E-state index contributed by atoms with van der Waals surface area (Å²) in [6.07, 6.45) is 2.93. The van der Waals surface area contributed by atoms with Crippen LogP contribution in [0.5, 0.6) is 0 Å². The summed E-state index contributed by atoms with van der Waals surface area (Å²) < 4.78 is 0. The Kier molecular flexibility index (Phi) is 2.89. The zero-order valence-electron chi connectivity index (χ0n) is 12.0. The summed E-state index contributed by atoms with van der Waals surface area (Å²) >= 11 is 0. The topological polar surface area (TPSA) is 3.24 Å². The zero-order chi connectivity index (χ0) is 12.1. The van der Waals surface area contributed by atoms with E-state index in [2.05, 4.69) is 46.4 Å². The lowest BCUT2D eigenvalue weighted by Gasteiger charge is -2.57. The van der Waals surface area contributed by atoms with Crippen LogP contribution < -0.4 is 0 Å². The molecule has 0 aromatic rings. The third kappa shape index (κ3) is 2.16. The Labute approximate surface area is 102 Å². The Morgan fingerprint density at radius 3 is 2.12 bits per heavy atom. The van der Waals surface area contributed by atoms with Gasteiger partial charge in [-0.2, -0.15) is 0 Å². The molecule has 0 aromatic carbocycles. The maximum Gasteiger partial charge on any atom is 0.0125 e. The van der Waals surface area contributed by atoms with Crippen LogP contribution in [0.4, 0.5) is 0 Å². The fourth-order valence-corrected chi connectivity index (χ4v) is 3.69. The fourth-order valence-electron chi connectivity index (χ4n) is 3.69. The van der Waals surface area contributed by atoms with E-state index in [-0.39, 0.29) is 0 Å². The Morgan fingerprint density at radius 1 is 1.00 bits per heavy atom. The lowest BCUT2D eigenvalue weighted by Crippen LogP contribution is -2.57. The number of likely N-dealkylation sites (tertiary alicyclic amines) is 1. The van der Waals surface area contributed by atoms with Gasteiger partial charge in [0.15, 0.2) is 0 Å². The van der Waals surface area contributed by atoms with E-state index in [9.17, 15) is 0 Å². The molecule has 1 aliphatic heterocycles. The van der Waals surface area contributed by atoms with Gasteiger partial charge in [-0.3, -0.25) is 4.90 Å². The Balaban J connectivity index is 2.01. The minimum atomic E-state index is 0.364. The molecule has 0 aromatic heterocycles. The summed E-state index contributed by atoms with van der Waals surface area (Å²) in [6.45, 7) is 17.0. The molecule has 0 radical (unpaired) electrons. The van der Waals surface area contributed by atoms with Gasteiger partial charge in [0.2, 0.25) is 0 Å². The maximum atomic E-state index is 2.70. The number of hydrogen-bond donors (Lipinski definition) is 0. The molecule has 1 aliphatic carbocycles. The molecule has 1 nitrogen and oxygen atoms in total. The maximum absolute atomic E-state index is 2.70. The van der Waals surface area contributed by atoms with E-state index >= 15 is 0 Å². The van der Waals surface area contributed by atoms with E-state index in [4.69, 9.17) is 0 Å². The van der Waals surface area contributed by atoms with Crippen LogP contribution in [0.2, 0.25) is 0 Å². The largest absolute Gasteiger partial charge is 0.298 e. The molecule has 2 fully saturated rings.